The first-order valence-corrected chi connectivity index (χ1v) is 21.2. The van der Waals surface area contributed by atoms with Gasteiger partial charge in [0.25, 0.3) is 0 Å². The summed E-state index contributed by atoms with van der Waals surface area (Å²) >= 11 is -3.57. The lowest BCUT2D eigenvalue weighted by Crippen LogP contribution is -2.09. The Morgan fingerprint density at radius 3 is 1.10 bits per heavy atom. The molecule has 0 aliphatic rings. The summed E-state index contributed by atoms with van der Waals surface area (Å²) in [6.45, 7) is 9.12. The van der Waals surface area contributed by atoms with E-state index < -0.39 is 19.8 Å². The molecule has 1 rings (SSSR count). The maximum Gasteiger partial charge on any atom is 0.341 e. The van der Waals surface area contributed by atoms with E-state index in [1.54, 1.807) is 5.56 Å². The van der Waals surface area contributed by atoms with Crippen molar-refractivity contribution in [2.45, 2.75) is 207 Å². The predicted molar refractivity (Wildman–Crippen MR) is 189 cm³/mol. The minimum absolute atomic E-state index is 0.761. The number of hydrogen-bond donors (Lipinski definition) is 0. The zero-order chi connectivity index (χ0) is 30.0. The lowest BCUT2D eigenvalue weighted by molar-refractivity contribution is 0.587. The Balaban J connectivity index is 3.23. The minimum atomic E-state index is -3.57. The second-order valence-corrected chi connectivity index (χ2v) is 15.1. The molecule has 0 unspecified atom stereocenters. The van der Waals surface area contributed by atoms with Gasteiger partial charge in [0.15, 0.2) is 0 Å². The van der Waals surface area contributed by atoms with Gasteiger partial charge >= 0.3 is 19.8 Å². The zero-order valence-corrected chi connectivity index (χ0v) is 30.2. The van der Waals surface area contributed by atoms with E-state index in [-0.39, 0.29) is 0 Å². The summed E-state index contributed by atoms with van der Waals surface area (Å²) in [5, 5.41) is 0. The van der Waals surface area contributed by atoms with E-state index in [1.807, 2.05) is 0 Å². The molecule has 41 heavy (non-hydrogen) atoms. The molecule has 0 fully saturated rings. The predicted octanol–water partition coefficient (Wildman–Crippen LogP) is 13.7. The second-order valence-electron chi connectivity index (χ2n) is 12.7. The van der Waals surface area contributed by atoms with Crippen LogP contribution in [0.2, 0.25) is 0 Å². The average molecular weight is 685 g/mol. The van der Waals surface area contributed by atoms with E-state index in [1.165, 1.54) is 164 Å². The van der Waals surface area contributed by atoms with E-state index in [0.717, 1.165) is 35.7 Å². The lowest BCUT2D eigenvalue weighted by Gasteiger charge is -2.21. The zero-order valence-electron chi connectivity index (χ0n) is 28.1. The SMILES string of the molecule is CCCCCCCCc1cc(I(=O)=O)c(CCCCCCCC)c(CCCCCCCC)c1CCCCCCCC. The monoisotopic (exact) mass is 684 g/mol. The van der Waals surface area contributed by atoms with E-state index >= 15 is 0 Å². The van der Waals surface area contributed by atoms with Gasteiger partial charge in [0, 0.05) is 0 Å². The molecule has 0 N–H and O–H groups in total. The fourth-order valence-corrected chi connectivity index (χ4v) is 8.19. The van der Waals surface area contributed by atoms with Crippen molar-refractivity contribution in [1.29, 1.82) is 0 Å². The van der Waals surface area contributed by atoms with Crippen LogP contribution < -0.4 is 0 Å². The molecule has 0 aliphatic heterocycles. The van der Waals surface area contributed by atoms with Crippen LogP contribution in [0.1, 0.15) is 204 Å². The van der Waals surface area contributed by atoms with Gasteiger partial charge in [-0.3, -0.25) is 0 Å². The Morgan fingerprint density at radius 1 is 0.390 bits per heavy atom. The molecule has 0 aliphatic carbocycles. The van der Waals surface area contributed by atoms with Crippen molar-refractivity contribution in [3.63, 3.8) is 0 Å². The first kappa shape index (κ1) is 38.6. The quantitative estimate of drug-likeness (QED) is 0.0622. The van der Waals surface area contributed by atoms with Crippen LogP contribution in [0.25, 0.3) is 0 Å². The van der Waals surface area contributed by atoms with Gasteiger partial charge in [0.1, 0.15) is 0 Å². The van der Waals surface area contributed by atoms with Gasteiger partial charge in [-0.2, -0.15) is 0 Å². The number of unbranched alkanes of at least 4 members (excludes halogenated alkanes) is 20. The summed E-state index contributed by atoms with van der Waals surface area (Å²) in [4.78, 5) is 0. The molecule has 0 radical (unpaired) electrons. The minimum Gasteiger partial charge on any atom is -0.230 e. The van der Waals surface area contributed by atoms with Crippen molar-refractivity contribution in [3.05, 3.63) is 31.9 Å². The van der Waals surface area contributed by atoms with Crippen molar-refractivity contribution in [2.75, 3.05) is 0 Å². The first-order valence-electron chi connectivity index (χ1n) is 18.3. The molecule has 2 nitrogen and oxygen atoms in total. The second kappa shape index (κ2) is 27.1. The summed E-state index contributed by atoms with van der Waals surface area (Å²) in [6, 6.07) is 2.18. The van der Waals surface area contributed by atoms with Gasteiger partial charge in [-0.15, -0.1) is 0 Å². The molecule has 0 amide bonds. The van der Waals surface area contributed by atoms with Crippen LogP contribution in [-0.4, -0.2) is 0 Å². The van der Waals surface area contributed by atoms with Crippen LogP contribution in [0.15, 0.2) is 6.07 Å². The van der Waals surface area contributed by atoms with Crippen LogP contribution in [-0.2, 0) is 31.8 Å². The Labute approximate surface area is 264 Å². The third-order valence-corrected chi connectivity index (χ3v) is 10.9. The highest BCUT2D eigenvalue weighted by atomic mass is 127. The molecule has 1 aromatic rings. The molecule has 0 aromatic heterocycles. The molecule has 0 saturated carbocycles. The topological polar surface area (TPSA) is 34.1 Å². The molecule has 3 heteroatoms. The molecule has 0 heterocycles. The normalized spacial score (nSPS) is 11.6. The molecule has 0 saturated heterocycles. The molecular weight excluding hydrogens is 615 g/mol. The van der Waals surface area contributed by atoms with Gasteiger partial charge in [-0.05, 0) is 79.7 Å². The fourth-order valence-electron chi connectivity index (χ4n) is 6.43. The summed E-state index contributed by atoms with van der Waals surface area (Å²) < 4.78 is 26.4. The number of halogens is 1. The first-order chi connectivity index (χ1) is 20.1. The van der Waals surface area contributed by atoms with Gasteiger partial charge in [0.05, 0.1) is 3.57 Å². The number of hydrogen-bond acceptors (Lipinski definition) is 2. The number of benzene rings is 1. The van der Waals surface area contributed by atoms with Gasteiger partial charge in [-0.25, -0.2) is 6.14 Å². The van der Waals surface area contributed by atoms with Gasteiger partial charge < -0.3 is 0 Å². The summed E-state index contributed by atoms with van der Waals surface area (Å²) in [7, 11) is 0. The standard InChI is InChI=1S/C38H69IO2/c1-5-9-13-17-21-25-29-34-33-38(39(40)41)37(32-28-24-20-16-12-8-4)36(31-27-23-19-15-11-7-3)35(34)30-26-22-18-14-10-6-2/h33H,5-32H2,1-4H3. The van der Waals surface area contributed by atoms with E-state index in [0.29, 0.717) is 0 Å². The number of rotatable bonds is 29. The highest BCUT2D eigenvalue weighted by Gasteiger charge is 2.20. The van der Waals surface area contributed by atoms with E-state index in [2.05, 4.69) is 33.8 Å². The van der Waals surface area contributed by atoms with Crippen LogP contribution in [0.4, 0.5) is 0 Å². The molecule has 0 spiro atoms. The van der Waals surface area contributed by atoms with Crippen LogP contribution in [0, 0.1) is 3.57 Å². The summed E-state index contributed by atoms with van der Waals surface area (Å²) in [5.41, 5.74) is 5.70. The molecular formula is C38H69IO2. The highest BCUT2D eigenvalue weighted by molar-refractivity contribution is 14.2. The van der Waals surface area contributed by atoms with Gasteiger partial charge in [0.2, 0.25) is 0 Å². The molecule has 1 aromatic carbocycles. The maximum atomic E-state index is 12.8. The average Bonchev–Trinajstić information content (AvgIpc) is 2.97. The number of aryl methyl sites for hydroxylation is 1. The molecule has 0 atom stereocenters. The van der Waals surface area contributed by atoms with E-state index in [9.17, 15) is 6.14 Å². The Kier molecular flexibility index (Phi) is 25.5. The van der Waals surface area contributed by atoms with Crippen LogP contribution in [0.3, 0.4) is 0 Å². The Hall–Kier alpha value is -0.450. The third kappa shape index (κ3) is 18.1. The summed E-state index contributed by atoms with van der Waals surface area (Å²) in [6.07, 6.45) is 35.3. The summed E-state index contributed by atoms with van der Waals surface area (Å²) in [5.74, 6) is 0. The lowest BCUT2D eigenvalue weighted by atomic mass is 9.85. The van der Waals surface area contributed by atoms with Crippen LogP contribution in [0.5, 0.6) is 0 Å². The largest absolute Gasteiger partial charge is 0.341 e. The highest BCUT2D eigenvalue weighted by Crippen LogP contribution is 2.34. The Bertz CT molecular complexity index is 818. The molecule has 0 bridgehead atoms. The third-order valence-electron chi connectivity index (χ3n) is 9.01. The van der Waals surface area contributed by atoms with Gasteiger partial charge in [-0.1, -0.05) is 156 Å². The van der Waals surface area contributed by atoms with Crippen molar-refractivity contribution in [2.24, 2.45) is 0 Å². The van der Waals surface area contributed by atoms with Crippen molar-refractivity contribution >= 4 is 19.8 Å². The maximum absolute atomic E-state index is 12.8. The fraction of sp³-hybridized carbons (Fsp3) is 0.842. The van der Waals surface area contributed by atoms with Crippen molar-refractivity contribution < 1.29 is 6.14 Å². The van der Waals surface area contributed by atoms with Crippen molar-refractivity contribution in [1.82, 2.24) is 0 Å². The van der Waals surface area contributed by atoms with E-state index in [4.69, 9.17) is 0 Å². The van der Waals surface area contributed by atoms with Crippen LogP contribution >= 0.6 is 19.8 Å². The van der Waals surface area contributed by atoms with Crippen molar-refractivity contribution in [3.8, 4) is 0 Å². The Morgan fingerprint density at radius 2 is 0.707 bits per heavy atom. The smallest absolute Gasteiger partial charge is 0.230 e. The molecule has 240 valence electrons.